The first-order valence-electron chi connectivity index (χ1n) is 8.76. The fraction of sp³-hybridized carbons (Fsp3) is 0.500. The van der Waals surface area contributed by atoms with E-state index in [9.17, 15) is 20.1 Å². The van der Waals surface area contributed by atoms with Crippen LogP contribution in [0.1, 0.15) is 55.5 Å². The molecule has 0 radical (unpaired) electrons. The van der Waals surface area contributed by atoms with Gasteiger partial charge >= 0.3 is 0 Å². The second kappa shape index (κ2) is 7.62. The minimum absolute atomic E-state index is 0.0562. The van der Waals surface area contributed by atoms with Gasteiger partial charge in [-0.15, -0.1) is 0 Å². The summed E-state index contributed by atoms with van der Waals surface area (Å²) in [5.41, 5.74) is 2.03. The molecule has 7 heteroatoms. The second-order valence-corrected chi connectivity index (χ2v) is 8.53. The Hall–Kier alpha value is -2.51. The molecule has 1 aliphatic rings. The fourth-order valence-corrected chi connectivity index (χ4v) is 4.66. The van der Waals surface area contributed by atoms with E-state index in [-0.39, 0.29) is 17.6 Å². The summed E-state index contributed by atoms with van der Waals surface area (Å²) in [5.74, 6) is -1.32. The fourth-order valence-electron chi connectivity index (χ4n) is 3.60. The van der Waals surface area contributed by atoms with Gasteiger partial charge in [0.15, 0.2) is 5.78 Å². The predicted octanol–water partition coefficient (Wildman–Crippen LogP) is 3.63. The number of amides is 1. The number of ketones is 1. The van der Waals surface area contributed by atoms with Gasteiger partial charge in [0, 0.05) is 28.4 Å². The first-order valence-corrected chi connectivity index (χ1v) is 9.74. The molecule has 142 valence electrons. The number of carbonyl (C=O) groups excluding carboxylic acids is 2. The van der Waals surface area contributed by atoms with Gasteiger partial charge < -0.3 is 9.88 Å². The van der Waals surface area contributed by atoms with Crippen molar-refractivity contribution >= 4 is 23.5 Å². The third-order valence-corrected chi connectivity index (χ3v) is 5.98. The monoisotopic (exact) mass is 384 g/mol. The highest BCUT2D eigenvalue weighted by Gasteiger charge is 2.44. The van der Waals surface area contributed by atoms with Crippen LogP contribution in [0.15, 0.2) is 16.7 Å². The Bertz CT molecular complexity index is 910. The maximum absolute atomic E-state index is 12.7. The number of aryl methyl sites for hydroxylation is 1. The van der Waals surface area contributed by atoms with Crippen LogP contribution in [0.25, 0.3) is 0 Å². The summed E-state index contributed by atoms with van der Waals surface area (Å²) in [5, 5.41) is 21.8. The molecule has 2 heterocycles. The molecule has 0 unspecified atom stereocenters. The van der Waals surface area contributed by atoms with Gasteiger partial charge in [-0.2, -0.15) is 10.5 Å². The largest absolute Gasteiger partial charge is 0.346 e. The minimum Gasteiger partial charge on any atom is -0.346 e. The number of hydrogen-bond donors (Lipinski definition) is 1. The Labute approximate surface area is 164 Å². The zero-order valence-electron chi connectivity index (χ0n) is 16.5. The summed E-state index contributed by atoms with van der Waals surface area (Å²) in [7, 11) is 0. The summed E-state index contributed by atoms with van der Waals surface area (Å²) in [6, 6.07) is 6.22. The summed E-state index contributed by atoms with van der Waals surface area (Å²) in [4.78, 5) is 25.0. The number of thioether (sulfide) groups is 1. The Morgan fingerprint density at radius 3 is 2.48 bits per heavy atom. The van der Waals surface area contributed by atoms with Crippen molar-refractivity contribution in [1.82, 2.24) is 9.88 Å². The maximum Gasteiger partial charge on any atom is 0.243 e. The molecule has 0 fully saturated rings. The number of nitriles is 2. The number of rotatable bonds is 5. The van der Waals surface area contributed by atoms with Crippen LogP contribution in [0.4, 0.5) is 0 Å². The lowest BCUT2D eigenvalue weighted by molar-refractivity contribution is -0.125. The molecular formula is C20H24N4O2S. The molecule has 0 saturated carbocycles. The standard InChI is InChI=1S/C20H24N4O2S/c1-11(2)24-12(3)7-14(13(24)4)17(25)10-27-19-16(9-22)20(5,6)15(8-21)18(26)23-19/h7,11,15H,10H2,1-6H3,(H,23,26)/t15-/m1/s1. The molecule has 6 nitrogen and oxygen atoms in total. The lowest BCUT2D eigenvalue weighted by Gasteiger charge is -2.34. The van der Waals surface area contributed by atoms with Crippen molar-refractivity contribution in [2.24, 2.45) is 11.3 Å². The van der Waals surface area contributed by atoms with E-state index in [0.717, 1.165) is 23.1 Å². The Morgan fingerprint density at radius 2 is 2.00 bits per heavy atom. The zero-order chi connectivity index (χ0) is 20.5. The molecule has 0 bridgehead atoms. The van der Waals surface area contributed by atoms with Crippen molar-refractivity contribution in [2.75, 3.05) is 5.75 Å². The Kier molecular flexibility index (Phi) is 5.87. The van der Waals surface area contributed by atoms with Gasteiger partial charge in [0.05, 0.1) is 28.5 Å². The molecule has 1 atom stereocenters. The average Bonchev–Trinajstić information content (AvgIpc) is 2.86. The van der Waals surface area contributed by atoms with E-state index in [1.807, 2.05) is 26.0 Å². The van der Waals surface area contributed by atoms with Crippen molar-refractivity contribution < 1.29 is 9.59 Å². The number of allylic oxidation sites excluding steroid dienone is 1. The number of nitrogens with one attached hydrogen (secondary N) is 1. The quantitative estimate of drug-likeness (QED) is 0.782. The maximum atomic E-state index is 12.7. The van der Waals surface area contributed by atoms with E-state index in [4.69, 9.17) is 0 Å². The molecule has 1 aromatic heterocycles. The average molecular weight is 385 g/mol. The molecule has 2 rings (SSSR count). The van der Waals surface area contributed by atoms with Crippen LogP contribution in [0.2, 0.25) is 0 Å². The van der Waals surface area contributed by atoms with Crippen molar-refractivity contribution in [1.29, 1.82) is 10.5 Å². The first kappa shape index (κ1) is 20.8. The third-order valence-electron chi connectivity index (χ3n) is 4.98. The van der Waals surface area contributed by atoms with Crippen LogP contribution in [0.5, 0.6) is 0 Å². The summed E-state index contributed by atoms with van der Waals surface area (Å²) < 4.78 is 2.11. The summed E-state index contributed by atoms with van der Waals surface area (Å²) >= 11 is 1.14. The molecule has 0 spiro atoms. The van der Waals surface area contributed by atoms with E-state index in [2.05, 4.69) is 29.8 Å². The van der Waals surface area contributed by atoms with E-state index in [0.29, 0.717) is 16.2 Å². The molecule has 1 aromatic rings. The van der Waals surface area contributed by atoms with E-state index >= 15 is 0 Å². The van der Waals surface area contributed by atoms with Crippen LogP contribution < -0.4 is 5.32 Å². The highest BCUT2D eigenvalue weighted by Crippen LogP contribution is 2.41. The molecule has 1 N–H and O–H groups in total. The number of carbonyl (C=O) groups is 2. The summed E-state index contributed by atoms with van der Waals surface area (Å²) in [6.07, 6.45) is 0. The number of nitrogens with zero attached hydrogens (tertiary/aromatic N) is 3. The smallest absolute Gasteiger partial charge is 0.243 e. The number of aromatic nitrogens is 1. The van der Waals surface area contributed by atoms with Crippen molar-refractivity contribution in [3.05, 3.63) is 33.6 Å². The van der Waals surface area contributed by atoms with E-state index < -0.39 is 17.2 Å². The van der Waals surface area contributed by atoms with E-state index in [1.165, 1.54) is 0 Å². The van der Waals surface area contributed by atoms with Crippen molar-refractivity contribution in [3.8, 4) is 12.1 Å². The molecule has 1 amide bonds. The lowest BCUT2D eigenvalue weighted by atomic mass is 9.72. The molecule has 27 heavy (non-hydrogen) atoms. The van der Waals surface area contributed by atoms with Crippen LogP contribution in [0.3, 0.4) is 0 Å². The molecule has 0 saturated heterocycles. The van der Waals surface area contributed by atoms with E-state index in [1.54, 1.807) is 13.8 Å². The molecular weight excluding hydrogens is 360 g/mol. The first-order chi connectivity index (χ1) is 12.6. The van der Waals surface area contributed by atoms with Crippen LogP contribution in [0, 0.1) is 47.8 Å². The Morgan fingerprint density at radius 1 is 1.37 bits per heavy atom. The normalized spacial score (nSPS) is 18.9. The number of Topliss-reactive ketones (excluding diaryl/α,β-unsaturated/α-hetero) is 1. The topological polar surface area (TPSA) is 98.7 Å². The zero-order valence-corrected chi connectivity index (χ0v) is 17.3. The van der Waals surface area contributed by atoms with Gasteiger partial charge in [-0.1, -0.05) is 25.6 Å². The van der Waals surface area contributed by atoms with Gasteiger partial charge in [0.1, 0.15) is 5.92 Å². The van der Waals surface area contributed by atoms with Crippen LogP contribution in [-0.4, -0.2) is 22.0 Å². The van der Waals surface area contributed by atoms with Crippen molar-refractivity contribution in [3.63, 3.8) is 0 Å². The van der Waals surface area contributed by atoms with Gasteiger partial charge in [-0.05, 0) is 33.8 Å². The molecule has 0 aromatic carbocycles. The highest BCUT2D eigenvalue weighted by atomic mass is 32.2. The molecule has 1 aliphatic heterocycles. The van der Waals surface area contributed by atoms with Crippen LogP contribution in [-0.2, 0) is 4.79 Å². The molecule has 0 aliphatic carbocycles. The highest BCUT2D eigenvalue weighted by molar-refractivity contribution is 8.03. The second-order valence-electron chi connectivity index (χ2n) is 7.55. The Balaban J connectivity index is 2.28. The van der Waals surface area contributed by atoms with Gasteiger partial charge in [-0.25, -0.2) is 0 Å². The third kappa shape index (κ3) is 3.65. The van der Waals surface area contributed by atoms with Gasteiger partial charge in [-0.3, -0.25) is 9.59 Å². The SMILES string of the molecule is Cc1cc(C(=O)CSC2=C(C#N)C(C)(C)[C@H](C#N)C(=O)N2)c(C)n1C(C)C. The summed E-state index contributed by atoms with van der Waals surface area (Å²) in [6.45, 7) is 11.4. The van der Waals surface area contributed by atoms with Crippen molar-refractivity contribution in [2.45, 2.75) is 47.6 Å². The predicted molar refractivity (Wildman–Crippen MR) is 105 cm³/mol. The van der Waals surface area contributed by atoms with Gasteiger partial charge in [0.25, 0.3) is 0 Å². The number of hydrogen-bond acceptors (Lipinski definition) is 5. The van der Waals surface area contributed by atoms with Crippen LogP contribution >= 0.6 is 11.8 Å². The van der Waals surface area contributed by atoms with Gasteiger partial charge in [0.2, 0.25) is 5.91 Å². The minimum atomic E-state index is -0.933. The lowest BCUT2D eigenvalue weighted by Crippen LogP contribution is -2.44.